The summed E-state index contributed by atoms with van der Waals surface area (Å²) >= 11 is 0. The van der Waals surface area contributed by atoms with Gasteiger partial charge in [-0.1, -0.05) is 18.2 Å². The number of rotatable bonds is 0. The second kappa shape index (κ2) is 3.26. The van der Waals surface area contributed by atoms with Crippen molar-refractivity contribution in [3.05, 3.63) is 54.6 Å². The maximum atomic E-state index is 13.4. The highest BCUT2D eigenvalue weighted by molar-refractivity contribution is 6.11. The van der Waals surface area contributed by atoms with Gasteiger partial charge in [-0.3, -0.25) is 4.40 Å². The number of para-hydroxylation sites is 1. The maximum Gasteiger partial charge on any atom is 0.169 e. The first kappa shape index (κ1) is 9.53. The maximum absolute atomic E-state index is 13.4. The van der Waals surface area contributed by atoms with E-state index >= 15 is 0 Å². The molecule has 0 radical (unpaired) electrons. The second-order valence-electron chi connectivity index (χ2n) is 4.23. The molecule has 0 unspecified atom stereocenters. The van der Waals surface area contributed by atoms with E-state index < -0.39 is 0 Å². The summed E-state index contributed by atoms with van der Waals surface area (Å²) in [5.41, 5.74) is 1.74. The van der Waals surface area contributed by atoms with Crippen molar-refractivity contribution in [1.29, 1.82) is 0 Å². The van der Waals surface area contributed by atoms with E-state index in [-0.39, 0.29) is 5.82 Å². The largest absolute Gasteiger partial charge is 0.281 e. The molecular formula is C14H8FN3. The minimum Gasteiger partial charge on any atom is -0.281 e. The predicted molar refractivity (Wildman–Crippen MR) is 68.0 cm³/mol. The van der Waals surface area contributed by atoms with E-state index in [1.54, 1.807) is 18.5 Å². The van der Waals surface area contributed by atoms with Crippen molar-refractivity contribution in [2.75, 3.05) is 0 Å². The molecule has 2 aromatic carbocycles. The average molecular weight is 237 g/mol. The summed E-state index contributed by atoms with van der Waals surface area (Å²) in [6, 6.07) is 12.6. The van der Waals surface area contributed by atoms with Crippen LogP contribution in [0, 0.1) is 5.82 Å². The highest BCUT2D eigenvalue weighted by Gasteiger charge is 2.09. The third-order valence-electron chi connectivity index (χ3n) is 3.22. The number of fused-ring (bicyclic) bond motifs is 6. The molecule has 2 heterocycles. The van der Waals surface area contributed by atoms with Crippen LogP contribution in [0.3, 0.4) is 0 Å². The second-order valence-corrected chi connectivity index (χ2v) is 4.23. The molecule has 2 aromatic heterocycles. The third kappa shape index (κ3) is 1.12. The zero-order valence-electron chi connectivity index (χ0n) is 9.34. The van der Waals surface area contributed by atoms with E-state index in [1.165, 1.54) is 6.07 Å². The lowest BCUT2D eigenvalue weighted by Crippen LogP contribution is -1.90. The monoisotopic (exact) mass is 237 g/mol. The molecule has 0 fully saturated rings. The quantitative estimate of drug-likeness (QED) is 0.440. The van der Waals surface area contributed by atoms with Crippen LogP contribution < -0.4 is 0 Å². The van der Waals surface area contributed by atoms with Crippen molar-refractivity contribution in [1.82, 2.24) is 14.6 Å². The van der Waals surface area contributed by atoms with Gasteiger partial charge in [0.15, 0.2) is 5.65 Å². The lowest BCUT2D eigenvalue weighted by Gasteiger charge is -2.06. The van der Waals surface area contributed by atoms with Gasteiger partial charge in [-0.2, -0.15) is 0 Å². The fourth-order valence-corrected chi connectivity index (χ4v) is 2.44. The van der Waals surface area contributed by atoms with Gasteiger partial charge in [-0.15, -0.1) is 10.2 Å². The van der Waals surface area contributed by atoms with E-state index in [0.717, 1.165) is 27.3 Å². The van der Waals surface area contributed by atoms with Gasteiger partial charge in [0.1, 0.15) is 12.1 Å². The van der Waals surface area contributed by atoms with Gasteiger partial charge >= 0.3 is 0 Å². The Hall–Kier alpha value is -2.49. The van der Waals surface area contributed by atoms with E-state index in [4.69, 9.17) is 0 Å². The van der Waals surface area contributed by atoms with Crippen LogP contribution in [0.15, 0.2) is 48.8 Å². The summed E-state index contributed by atoms with van der Waals surface area (Å²) < 4.78 is 15.4. The smallest absolute Gasteiger partial charge is 0.169 e. The van der Waals surface area contributed by atoms with Gasteiger partial charge in [0.05, 0.1) is 5.52 Å². The summed E-state index contributed by atoms with van der Waals surface area (Å²) in [4.78, 5) is 0. The Morgan fingerprint density at radius 3 is 2.78 bits per heavy atom. The minimum absolute atomic E-state index is 0.239. The molecule has 4 rings (SSSR count). The lowest BCUT2D eigenvalue weighted by atomic mass is 10.1. The molecule has 0 bridgehead atoms. The van der Waals surface area contributed by atoms with Gasteiger partial charge in [0, 0.05) is 10.8 Å². The Labute approximate surface area is 101 Å². The highest BCUT2D eigenvalue weighted by Crippen LogP contribution is 2.28. The van der Waals surface area contributed by atoms with Crippen LogP contribution in [-0.2, 0) is 0 Å². The molecule has 86 valence electrons. The van der Waals surface area contributed by atoms with Crippen molar-refractivity contribution in [3.63, 3.8) is 0 Å². The van der Waals surface area contributed by atoms with Crippen molar-refractivity contribution in [3.8, 4) is 0 Å². The molecular weight excluding hydrogens is 229 g/mol. The molecule has 4 heteroatoms. The molecule has 0 N–H and O–H groups in total. The molecule has 0 saturated carbocycles. The Bertz CT molecular complexity index is 895. The van der Waals surface area contributed by atoms with Gasteiger partial charge in [-0.05, 0) is 29.7 Å². The highest BCUT2D eigenvalue weighted by atomic mass is 19.1. The Morgan fingerprint density at radius 1 is 0.944 bits per heavy atom. The number of aromatic nitrogens is 3. The molecule has 0 aliphatic carbocycles. The molecule has 4 aromatic rings. The normalized spacial score (nSPS) is 11.6. The van der Waals surface area contributed by atoms with E-state index in [0.29, 0.717) is 0 Å². The van der Waals surface area contributed by atoms with Crippen LogP contribution in [0.5, 0.6) is 0 Å². The van der Waals surface area contributed by atoms with Crippen molar-refractivity contribution >= 4 is 27.3 Å². The lowest BCUT2D eigenvalue weighted by molar-refractivity contribution is 0.630. The fourth-order valence-electron chi connectivity index (χ4n) is 2.44. The minimum atomic E-state index is -0.239. The topological polar surface area (TPSA) is 30.2 Å². The average Bonchev–Trinajstić information content (AvgIpc) is 2.88. The molecule has 0 aliphatic heterocycles. The van der Waals surface area contributed by atoms with Gasteiger partial charge in [0.2, 0.25) is 0 Å². The summed E-state index contributed by atoms with van der Waals surface area (Å²) in [6.45, 7) is 0. The summed E-state index contributed by atoms with van der Waals surface area (Å²) in [6.07, 6.45) is 1.68. The number of hydrogen-bond acceptors (Lipinski definition) is 2. The zero-order chi connectivity index (χ0) is 12.1. The predicted octanol–water partition coefficient (Wildman–Crippen LogP) is 3.17. The number of halogens is 1. The standard InChI is InChI=1S/C14H8FN3/c15-9-5-6-11-12(7-9)10-3-1-2-4-13(10)18-8-16-17-14(11)18/h1-8H. The van der Waals surface area contributed by atoms with Gasteiger partial charge in [-0.25, -0.2) is 4.39 Å². The number of benzene rings is 2. The molecule has 0 saturated heterocycles. The number of nitrogens with zero attached hydrogens (tertiary/aromatic N) is 3. The summed E-state index contributed by atoms with van der Waals surface area (Å²) in [7, 11) is 0. The Morgan fingerprint density at radius 2 is 1.83 bits per heavy atom. The van der Waals surface area contributed by atoms with Gasteiger partial charge < -0.3 is 0 Å². The van der Waals surface area contributed by atoms with Crippen molar-refractivity contribution in [2.45, 2.75) is 0 Å². The Kier molecular flexibility index (Phi) is 1.73. The molecule has 0 aliphatic rings. The fraction of sp³-hybridized carbons (Fsp3) is 0. The van der Waals surface area contributed by atoms with E-state index in [1.807, 2.05) is 28.7 Å². The SMILES string of the molecule is Fc1ccc2c(c1)c1ccccc1n1cnnc21. The first-order chi connectivity index (χ1) is 8.84. The summed E-state index contributed by atoms with van der Waals surface area (Å²) in [5.74, 6) is -0.239. The Balaban J connectivity index is 2.44. The van der Waals surface area contributed by atoms with Crippen LogP contribution in [-0.4, -0.2) is 14.6 Å². The van der Waals surface area contributed by atoms with Crippen LogP contribution in [0.25, 0.3) is 27.3 Å². The van der Waals surface area contributed by atoms with Crippen molar-refractivity contribution < 1.29 is 4.39 Å². The first-order valence-electron chi connectivity index (χ1n) is 5.64. The van der Waals surface area contributed by atoms with Crippen LogP contribution in [0.4, 0.5) is 4.39 Å². The number of pyridine rings is 1. The zero-order valence-corrected chi connectivity index (χ0v) is 9.34. The molecule has 0 atom stereocenters. The van der Waals surface area contributed by atoms with Crippen LogP contribution >= 0.6 is 0 Å². The molecule has 0 amide bonds. The van der Waals surface area contributed by atoms with E-state index in [9.17, 15) is 4.39 Å². The molecule has 3 nitrogen and oxygen atoms in total. The van der Waals surface area contributed by atoms with Gasteiger partial charge in [0.25, 0.3) is 0 Å². The number of hydrogen-bond donors (Lipinski definition) is 0. The third-order valence-corrected chi connectivity index (χ3v) is 3.22. The summed E-state index contributed by atoms with van der Waals surface area (Å²) in [5, 5.41) is 10.8. The van der Waals surface area contributed by atoms with Crippen LogP contribution in [0.2, 0.25) is 0 Å². The molecule has 0 spiro atoms. The van der Waals surface area contributed by atoms with Crippen LogP contribution in [0.1, 0.15) is 0 Å². The first-order valence-corrected chi connectivity index (χ1v) is 5.64. The molecule has 18 heavy (non-hydrogen) atoms. The van der Waals surface area contributed by atoms with Crippen molar-refractivity contribution in [2.24, 2.45) is 0 Å². The van der Waals surface area contributed by atoms with E-state index in [2.05, 4.69) is 10.2 Å².